The molecule has 0 unspecified atom stereocenters. The van der Waals surface area contributed by atoms with Gasteiger partial charge in [-0.2, -0.15) is 0 Å². The number of benzene rings is 3. The van der Waals surface area contributed by atoms with Gasteiger partial charge < -0.3 is 10.5 Å². The van der Waals surface area contributed by atoms with E-state index in [1.807, 2.05) is 42.5 Å². The third kappa shape index (κ3) is 3.84. The van der Waals surface area contributed by atoms with Crippen LogP contribution < -0.4 is 15.2 Å². The van der Waals surface area contributed by atoms with Crippen LogP contribution in [0.5, 0.6) is 5.75 Å². The second kappa shape index (κ2) is 6.90. The van der Waals surface area contributed by atoms with Crippen LogP contribution in [0.25, 0.3) is 10.8 Å². The van der Waals surface area contributed by atoms with Crippen molar-refractivity contribution in [2.45, 2.75) is 4.90 Å². The van der Waals surface area contributed by atoms with Crippen LogP contribution in [0.2, 0.25) is 0 Å². The van der Waals surface area contributed by atoms with E-state index < -0.39 is 10.0 Å². The summed E-state index contributed by atoms with van der Waals surface area (Å²) in [6.45, 7) is 0.423. The topological polar surface area (TPSA) is 81.4 Å². The SMILES string of the molecule is Nc1ccc(S(=O)(=O)NCCOc2ccc3ccccc3c2)cc1. The molecule has 0 saturated heterocycles. The first-order valence-electron chi connectivity index (χ1n) is 7.51. The van der Waals surface area contributed by atoms with Crippen LogP contribution in [0.3, 0.4) is 0 Å². The number of nitrogens with two attached hydrogens (primary N) is 1. The lowest BCUT2D eigenvalue weighted by Gasteiger charge is -2.09. The zero-order valence-electron chi connectivity index (χ0n) is 13.0. The van der Waals surface area contributed by atoms with Crippen molar-refractivity contribution in [2.75, 3.05) is 18.9 Å². The van der Waals surface area contributed by atoms with Gasteiger partial charge in [-0.1, -0.05) is 30.3 Å². The summed E-state index contributed by atoms with van der Waals surface area (Å²) in [6, 6.07) is 19.8. The molecule has 0 aliphatic heterocycles. The van der Waals surface area contributed by atoms with Crippen LogP contribution in [0.15, 0.2) is 71.6 Å². The molecule has 24 heavy (non-hydrogen) atoms. The number of fused-ring (bicyclic) bond motifs is 1. The highest BCUT2D eigenvalue weighted by molar-refractivity contribution is 7.89. The maximum absolute atomic E-state index is 12.1. The highest BCUT2D eigenvalue weighted by Crippen LogP contribution is 2.20. The first-order valence-corrected chi connectivity index (χ1v) is 9.00. The maximum atomic E-state index is 12.1. The predicted molar refractivity (Wildman–Crippen MR) is 95.5 cm³/mol. The molecule has 3 aromatic carbocycles. The number of nitrogen functional groups attached to an aromatic ring is 1. The molecule has 0 aliphatic carbocycles. The molecule has 0 amide bonds. The second-order valence-corrected chi connectivity index (χ2v) is 7.09. The Morgan fingerprint density at radius 1 is 0.917 bits per heavy atom. The van der Waals surface area contributed by atoms with Gasteiger partial charge in [0.15, 0.2) is 0 Å². The Balaban J connectivity index is 1.56. The van der Waals surface area contributed by atoms with Crippen molar-refractivity contribution in [1.29, 1.82) is 0 Å². The van der Waals surface area contributed by atoms with Gasteiger partial charge in [-0.05, 0) is 47.2 Å². The van der Waals surface area contributed by atoms with Gasteiger partial charge in [-0.15, -0.1) is 0 Å². The predicted octanol–water partition coefficient (Wildman–Crippen LogP) is 2.78. The lowest BCUT2D eigenvalue weighted by atomic mass is 10.1. The van der Waals surface area contributed by atoms with Crippen LogP contribution in [0.4, 0.5) is 5.69 Å². The summed E-state index contributed by atoms with van der Waals surface area (Å²) in [5.74, 6) is 0.709. The van der Waals surface area contributed by atoms with Crippen molar-refractivity contribution in [1.82, 2.24) is 4.72 Å². The maximum Gasteiger partial charge on any atom is 0.240 e. The van der Waals surface area contributed by atoms with E-state index in [1.165, 1.54) is 12.1 Å². The van der Waals surface area contributed by atoms with Crippen molar-refractivity contribution in [3.05, 3.63) is 66.7 Å². The fraction of sp³-hybridized carbons (Fsp3) is 0.111. The first-order chi connectivity index (χ1) is 11.5. The highest BCUT2D eigenvalue weighted by atomic mass is 32.2. The van der Waals surface area contributed by atoms with Gasteiger partial charge in [0, 0.05) is 12.2 Å². The van der Waals surface area contributed by atoms with Crippen molar-refractivity contribution in [3.63, 3.8) is 0 Å². The van der Waals surface area contributed by atoms with E-state index in [-0.39, 0.29) is 18.0 Å². The van der Waals surface area contributed by atoms with E-state index >= 15 is 0 Å². The Kier molecular flexibility index (Phi) is 4.69. The normalized spacial score (nSPS) is 11.5. The molecule has 0 aromatic heterocycles. The first kappa shape index (κ1) is 16.3. The zero-order valence-corrected chi connectivity index (χ0v) is 13.8. The molecule has 0 radical (unpaired) electrons. The average molecular weight is 342 g/mol. The summed E-state index contributed by atoms with van der Waals surface area (Å²) in [5.41, 5.74) is 6.08. The molecular weight excluding hydrogens is 324 g/mol. The minimum atomic E-state index is -3.55. The lowest BCUT2D eigenvalue weighted by molar-refractivity contribution is 0.323. The summed E-state index contributed by atoms with van der Waals surface area (Å²) in [6.07, 6.45) is 0. The lowest BCUT2D eigenvalue weighted by Crippen LogP contribution is -2.28. The van der Waals surface area contributed by atoms with Gasteiger partial charge in [0.1, 0.15) is 12.4 Å². The largest absolute Gasteiger partial charge is 0.492 e. The van der Waals surface area contributed by atoms with Crippen LogP contribution in [0, 0.1) is 0 Å². The number of anilines is 1. The number of ether oxygens (including phenoxy) is 1. The molecule has 3 rings (SSSR count). The molecule has 3 N–H and O–H groups in total. The summed E-state index contributed by atoms with van der Waals surface area (Å²) in [5, 5.41) is 2.21. The van der Waals surface area contributed by atoms with Crippen LogP contribution in [-0.4, -0.2) is 21.6 Å². The van der Waals surface area contributed by atoms with Gasteiger partial charge in [0.2, 0.25) is 10.0 Å². The number of sulfonamides is 1. The number of hydrogen-bond acceptors (Lipinski definition) is 4. The molecule has 6 heteroatoms. The standard InChI is InChI=1S/C18H18N2O3S/c19-16-6-9-18(10-7-16)24(21,22)20-11-12-23-17-8-5-14-3-1-2-4-15(14)13-17/h1-10,13,20H,11-12,19H2. The molecule has 0 heterocycles. The Morgan fingerprint density at radius 2 is 1.62 bits per heavy atom. The third-order valence-corrected chi connectivity index (χ3v) is 5.05. The average Bonchev–Trinajstić information content (AvgIpc) is 2.59. The monoisotopic (exact) mass is 342 g/mol. The fourth-order valence-electron chi connectivity index (χ4n) is 2.33. The molecule has 0 spiro atoms. The van der Waals surface area contributed by atoms with Gasteiger partial charge in [0.25, 0.3) is 0 Å². The van der Waals surface area contributed by atoms with Crippen molar-refractivity contribution >= 4 is 26.5 Å². The van der Waals surface area contributed by atoms with Gasteiger partial charge in [-0.25, -0.2) is 13.1 Å². The Labute approximate surface area is 141 Å². The highest BCUT2D eigenvalue weighted by Gasteiger charge is 2.12. The van der Waals surface area contributed by atoms with E-state index in [9.17, 15) is 8.42 Å². The van der Waals surface area contributed by atoms with Crippen LogP contribution in [0.1, 0.15) is 0 Å². The molecule has 3 aromatic rings. The van der Waals surface area contributed by atoms with E-state index in [1.54, 1.807) is 12.1 Å². The quantitative estimate of drug-likeness (QED) is 0.533. The summed E-state index contributed by atoms with van der Waals surface area (Å²) in [4.78, 5) is 0.183. The van der Waals surface area contributed by atoms with Crippen LogP contribution in [-0.2, 0) is 10.0 Å². The molecule has 124 valence electrons. The molecule has 0 atom stereocenters. The molecule has 5 nitrogen and oxygen atoms in total. The molecule has 0 fully saturated rings. The third-order valence-electron chi connectivity index (χ3n) is 3.57. The summed E-state index contributed by atoms with van der Waals surface area (Å²) in [7, 11) is -3.55. The van der Waals surface area contributed by atoms with Crippen molar-refractivity contribution < 1.29 is 13.2 Å². The van der Waals surface area contributed by atoms with E-state index in [0.29, 0.717) is 11.4 Å². The summed E-state index contributed by atoms with van der Waals surface area (Å²) >= 11 is 0. The van der Waals surface area contributed by atoms with Gasteiger partial charge in [-0.3, -0.25) is 0 Å². The minimum absolute atomic E-state index is 0.180. The second-order valence-electron chi connectivity index (χ2n) is 5.32. The van der Waals surface area contributed by atoms with E-state index in [0.717, 1.165) is 10.8 Å². The smallest absolute Gasteiger partial charge is 0.240 e. The van der Waals surface area contributed by atoms with Gasteiger partial charge in [0.05, 0.1) is 4.90 Å². The molecular formula is C18H18N2O3S. The molecule has 0 bridgehead atoms. The van der Waals surface area contributed by atoms with E-state index in [2.05, 4.69) is 4.72 Å². The Bertz CT molecular complexity index is 938. The Morgan fingerprint density at radius 3 is 2.38 bits per heavy atom. The minimum Gasteiger partial charge on any atom is -0.492 e. The Hall–Kier alpha value is -2.57. The fourth-order valence-corrected chi connectivity index (χ4v) is 3.35. The van der Waals surface area contributed by atoms with Crippen molar-refractivity contribution in [2.24, 2.45) is 0 Å². The molecule has 0 aliphatic rings. The number of rotatable bonds is 6. The van der Waals surface area contributed by atoms with Gasteiger partial charge >= 0.3 is 0 Å². The van der Waals surface area contributed by atoms with E-state index in [4.69, 9.17) is 10.5 Å². The summed E-state index contributed by atoms with van der Waals surface area (Å²) < 4.78 is 32.4. The van der Waals surface area contributed by atoms with Crippen molar-refractivity contribution in [3.8, 4) is 5.75 Å². The van der Waals surface area contributed by atoms with Crippen LogP contribution >= 0.6 is 0 Å². The zero-order chi connectivity index (χ0) is 17.0. The molecule has 0 saturated carbocycles. The number of hydrogen-bond donors (Lipinski definition) is 2. The number of nitrogens with one attached hydrogen (secondary N) is 1.